The number of phenols is 4. The zero-order valence-corrected chi connectivity index (χ0v) is 26.3. The molecule has 2 unspecified atom stereocenters. The number of aliphatic hydroxyl groups excluding tert-OH is 2. The van der Waals surface area contributed by atoms with E-state index in [1.165, 1.54) is 30.3 Å². The van der Waals surface area contributed by atoms with Crippen LogP contribution in [-0.4, -0.2) is 85.7 Å². The Bertz CT molecular complexity index is 1370. The molecule has 0 aromatic heterocycles. The highest BCUT2D eigenvalue weighted by atomic mass is 16.3. The summed E-state index contributed by atoms with van der Waals surface area (Å²) in [5.74, 6) is -1.69. The summed E-state index contributed by atoms with van der Waals surface area (Å²) in [4.78, 5) is 37.9. The SMILES string of the molecule is NC(CCC(=O)NCCC1=CC(O)C(O)C=C1)(CCC(=O)NCCc1ccc(O)c(O)c1)CCC(=O)NCCc1ccc(O)c(O)c1. The van der Waals surface area contributed by atoms with Gasteiger partial charge in [-0.3, -0.25) is 14.4 Å². The molecule has 0 saturated heterocycles. The first-order chi connectivity index (χ1) is 22.3. The minimum absolute atomic E-state index is 0.0690. The first-order valence-corrected chi connectivity index (χ1v) is 15.7. The topological polar surface area (TPSA) is 235 Å². The second-order valence-electron chi connectivity index (χ2n) is 11.9. The van der Waals surface area contributed by atoms with E-state index in [2.05, 4.69) is 16.0 Å². The smallest absolute Gasteiger partial charge is 0.220 e. The van der Waals surface area contributed by atoms with Crippen molar-refractivity contribution in [3.05, 3.63) is 71.3 Å². The zero-order chi connectivity index (χ0) is 34.4. The summed E-state index contributed by atoms with van der Waals surface area (Å²) >= 11 is 0. The fourth-order valence-electron chi connectivity index (χ4n) is 5.09. The molecule has 3 rings (SSSR count). The molecule has 0 aliphatic heterocycles. The molecule has 2 atom stereocenters. The van der Waals surface area contributed by atoms with Gasteiger partial charge in [-0.05, 0) is 85.6 Å². The molecule has 0 saturated carbocycles. The molecular weight excluding hydrogens is 608 g/mol. The Hall–Kier alpha value is -4.59. The summed E-state index contributed by atoms with van der Waals surface area (Å²) in [6.45, 7) is 0.912. The van der Waals surface area contributed by atoms with Gasteiger partial charge in [0.05, 0.1) is 0 Å². The van der Waals surface area contributed by atoms with Crippen LogP contribution in [0.5, 0.6) is 23.0 Å². The third-order valence-corrected chi connectivity index (χ3v) is 8.08. The first-order valence-electron chi connectivity index (χ1n) is 15.7. The lowest BCUT2D eigenvalue weighted by atomic mass is 9.84. The summed E-state index contributed by atoms with van der Waals surface area (Å²) in [7, 11) is 0. The first kappa shape index (κ1) is 36.9. The average molecular weight is 655 g/mol. The van der Waals surface area contributed by atoms with Crippen molar-refractivity contribution in [2.24, 2.45) is 5.73 Å². The summed E-state index contributed by atoms with van der Waals surface area (Å²) in [5, 5.41) is 66.0. The molecule has 1 aliphatic rings. The third-order valence-electron chi connectivity index (χ3n) is 8.08. The molecule has 13 nitrogen and oxygen atoms in total. The highest BCUT2D eigenvalue weighted by Crippen LogP contribution is 2.26. The van der Waals surface area contributed by atoms with Gasteiger partial charge in [0.1, 0.15) is 12.2 Å². The number of nitrogens with one attached hydrogen (secondary N) is 3. The summed E-state index contributed by atoms with van der Waals surface area (Å²) in [6, 6.07) is 8.89. The van der Waals surface area contributed by atoms with E-state index in [4.69, 9.17) is 5.73 Å². The lowest BCUT2D eigenvalue weighted by molar-refractivity contribution is -0.121. The van der Waals surface area contributed by atoms with Crippen molar-refractivity contribution in [3.8, 4) is 23.0 Å². The number of aliphatic hydroxyl groups is 2. The van der Waals surface area contributed by atoms with E-state index >= 15 is 0 Å². The van der Waals surface area contributed by atoms with Gasteiger partial charge in [0.2, 0.25) is 17.7 Å². The van der Waals surface area contributed by atoms with Gasteiger partial charge < -0.3 is 52.3 Å². The van der Waals surface area contributed by atoms with Crippen LogP contribution >= 0.6 is 0 Å². The summed E-state index contributed by atoms with van der Waals surface area (Å²) < 4.78 is 0. The van der Waals surface area contributed by atoms with Gasteiger partial charge in [0, 0.05) is 44.4 Å². The largest absolute Gasteiger partial charge is 0.504 e. The van der Waals surface area contributed by atoms with Crippen molar-refractivity contribution in [3.63, 3.8) is 0 Å². The lowest BCUT2D eigenvalue weighted by Crippen LogP contribution is -2.43. The predicted molar refractivity (Wildman–Crippen MR) is 174 cm³/mol. The van der Waals surface area contributed by atoms with Crippen LogP contribution in [0.15, 0.2) is 60.2 Å². The van der Waals surface area contributed by atoms with Crippen LogP contribution in [0, 0.1) is 0 Å². The second-order valence-corrected chi connectivity index (χ2v) is 11.9. The Morgan fingerprint density at radius 2 is 1.06 bits per heavy atom. The van der Waals surface area contributed by atoms with Crippen LogP contribution in [0.2, 0.25) is 0 Å². The van der Waals surface area contributed by atoms with Gasteiger partial charge >= 0.3 is 0 Å². The number of carbonyl (C=O) groups is 3. The zero-order valence-electron chi connectivity index (χ0n) is 26.3. The number of allylic oxidation sites excluding steroid dienone is 1. The van der Waals surface area contributed by atoms with Gasteiger partial charge in [0.15, 0.2) is 23.0 Å². The van der Waals surface area contributed by atoms with E-state index in [-0.39, 0.29) is 79.2 Å². The van der Waals surface area contributed by atoms with E-state index < -0.39 is 17.7 Å². The van der Waals surface area contributed by atoms with Crippen molar-refractivity contribution in [2.45, 2.75) is 75.5 Å². The molecule has 3 amide bonds. The number of benzene rings is 2. The number of rotatable bonds is 18. The maximum absolute atomic E-state index is 12.6. The van der Waals surface area contributed by atoms with E-state index in [0.717, 1.165) is 16.7 Å². The molecule has 0 radical (unpaired) electrons. The molecule has 0 heterocycles. The average Bonchev–Trinajstić information content (AvgIpc) is 3.03. The number of amides is 3. The normalized spacial score (nSPS) is 15.9. The minimum Gasteiger partial charge on any atom is -0.504 e. The number of hydrogen-bond acceptors (Lipinski definition) is 10. The van der Waals surface area contributed by atoms with Crippen molar-refractivity contribution >= 4 is 17.7 Å². The lowest BCUT2D eigenvalue weighted by Gasteiger charge is -2.29. The van der Waals surface area contributed by atoms with Crippen molar-refractivity contribution < 1.29 is 45.0 Å². The Morgan fingerprint density at radius 1 is 0.638 bits per heavy atom. The molecule has 2 aromatic rings. The van der Waals surface area contributed by atoms with Crippen LogP contribution < -0.4 is 21.7 Å². The minimum atomic E-state index is -0.994. The Labute approximate surface area is 273 Å². The van der Waals surface area contributed by atoms with E-state index in [0.29, 0.717) is 38.9 Å². The van der Waals surface area contributed by atoms with Gasteiger partial charge in [-0.2, -0.15) is 0 Å². The van der Waals surface area contributed by atoms with E-state index in [1.54, 1.807) is 24.3 Å². The quantitative estimate of drug-likeness (QED) is 0.103. The Kier molecular flexibility index (Phi) is 14.1. The molecule has 13 heteroatoms. The summed E-state index contributed by atoms with van der Waals surface area (Å²) in [5.41, 5.74) is 7.97. The summed E-state index contributed by atoms with van der Waals surface area (Å²) in [6.07, 6.45) is 5.03. The van der Waals surface area contributed by atoms with Crippen LogP contribution in [0.25, 0.3) is 0 Å². The van der Waals surface area contributed by atoms with Gasteiger partial charge in [-0.25, -0.2) is 0 Å². The van der Waals surface area contributed by atoms with Gasteiger partial charge in [0.25, 0.3) is 0 Å². The Morgan fingerprint density at radius 3 is 1.47 bits per heavy atom. The highest BCUT2D eigenvalue weighted by Gasteiger charge is 2.28. The van der Waals surface area contributed by atoms with E-state index in [1.807, 2.05) is 0 Å². The van der Waals surface area contributed by atoms with Crippen molar-refractivity contribution in [2.75, 3.05) is 19.6 Å². The van der Waals surface area contributed by atoms with Crippen LogP contribution in [-0.2, 0) is 27.2 Å². The third kappa shape index (κ3) is 13.0. The fraction of sp³-hybridized carbons (Fsp3) is 0.441. The van der Waals surface area contributed by atoms with Gasteiger partial charge in [-0.15, -0.1) is 0 Å². The monoisotopic (exact) mass is 654 g/mol. The number of nitrogens with two attached hydrogens (primary N) is 1. The van der Waals surface area contributed by atoms with Crippen molar-refractivity contribution in [1.29, 1.82) is 0 Å². The molecule has 2 aromatic carbocycles. The maximum Gasteiger partial charge on any atom is 0.220 e. The fourth-order valence-corrected chi connectivity index (χ4v) is 5.09. The molecule has 0 spiro atoms. The standard InChI is InChI=1S/C34H46N4O9/c35-34(13-7-31(45)36-16-10-22-1-4-25(39)28(42)19-22,14-8-32(46)37-17-11-23-2-5-26(40)29(43)20-23)15-9-33(47)38-18-12-24-3-6-27(41)30(44)21-24/h1-6,19-21,25,28,39-44H,7-18,35H2,(H,36,45)(H,37,46)(H,38,47). The number of carbonyl (C=O) groups excluding carboxylic acids is 3. The number of phenolic OH excluding ortho intramolecular Hbond substituents is 4. The van der Waals surface area contributed by atoms with Crippen LogP contribution in [0.3, 0.4) is 0 Å². The van der Waals surface area contributed by atoms with Crippen LogP contribution in [0.4, 0.5) is 0 Å². The molecule has 11 N–H and O–H groups in total. The molecule has 256 valence electrons. The maximum atomic E-state index is 12.6. The number of hydrogen-bond donors (Lipinski definition) is 10. The molecule has 0 bridgehead atoms. The van der Waals surface area contributed by atoms with E-state index in [9.17, 15) is 45.0 Å². The van der Waals surface area contributed by atoms with Crippen molar-refractivity contribution in [1.82, 2.24) is 16.0 Å². The van der Waals surface area contributed by atoms with Crippen LogP contribution in [0.1, 0.15) is 56.1 Å². The Balaban J connectivity index is 1.48. The van der Waals surface area contributed by atoms with Gasteiger partial charge in [-0.1, -0.05) is 24.3 Å². The molecule has 47 heavy (non-hydrogen) atoms. The number of aromatic hydroxyl groups is 4. The highest BCUT2D eigenvalue weighted by molar-refractivity contribution is 5.77. The molecule has 0 fully saturated rings. The second kappa shape index (κ2) is 17.9. The molecule has 1 aliphatic carbocycles. The predicted octanol–water partition coefficient (Wildman–Crippen LogP) is 1.29. The molecular formula is C34H46N4O9.